The van der Waals surface area contributed by atoms with Gasteiger partial charge in [-0.05, 0) is 0 Å². The Morgan fingerprint density at radius 1 is 0.375 bits per heavy atom. The molecular formula is C19H40O13. The van der Waals surface area contributed by atoms with Crippen LogP contribution in [-0.4, -0.2) is 159 Å². The highest BCUT2D eigenvalue weighted by atomic mass is 16.6. The third-order valence-corrected chi connectivity index (χ3v) is 4.35. The molecule has 0 aromatic carbocycles. The Kier molecular flexibility index (Phi) is 20.7. The molecule has 0 aromatic rings. The molecule has 7 N–H and O–H groups in total. The van der Waals surface area contributed by atoms with Crippen molar-refractivity contribution in [3.63, 3.8) is 0 Å². The lowest BCUT2D eigenvalue weighted by Gasteiger charge is -2.26. The Bertz CT molecular complexity index is 375. The van der Waals surface area contributed by atoms with E-state index in [1.807, 2.05) is 0 Å². The van der Waals surface area contributed by atoms with Crippen molar-refractivity contribution in [2.45, 2.75) is 36.6 Å². The minimum Gasteiger partial charge on any atom is -0.394 e. The van der Waals surface area contributed by atoms with Gasteiger partial charge in [-0.25, -0.2) is 0 Å². The van der Waals surface area contributed by atoms with Crippen molar-refractivity contribution in [3.05, 3.63) is 0 Å². The monoisotopic (exact) mass is 476 g/mol. The highest BCUT2D eigenvalue weighted by Gasteiger charge is 2.20. The summed E-state index contributed by atoms with van der Waals surface area (Å²) in [6.45, 7) is -2.66. The second kappa shape index (κ2) is 21.0. The van der Waals surface area contributed by atoms with Gasteiger partial charge in [-0.1, -0.05) is 0 Å². The average molecular weight is 477 g/mol. The highest BCUT2D eigenvalue weighted by molar-refractivity contribution is 4.66. The summed E-state index contributed by atoms with van der Waals surface area (Å²) in [5.41, 5.74) is 0. The first kappa shape index (κ1) is 31.5. The fraction of sp³-hybridized carbons (Fsp3) is 1.00. The molecule has 0 bridgehead atoms. The number of rotatable bonds is 23. The molecule has 0 heterocycles. The molecule has 32 heavy (non-hydrogen) atoms. The van der Waals surface area contributed by atoms with E-state index in [2.05, 4.69) is 0 Å². The van der Waals surface area contributed by atoms with Crippen LogP contribution in [0.1, 0.15) is 0 Å². The largest absolute Gasteiger partial charge is 0.394 e. The lowest BCUT2D eigenvalue weighted by Crippen LogP contribution is -2.38. The molecule has 0 spiro atoms. The average Bonchev–Trinajstić information content (AvgIpc) is 2.83. The molecule has 0 amide bonds. The molecule has 0 radical (unpaired) electrons. The summed E-state index contributed by atoms with van der Waals surface area (Å²) >= 11 is 0. The van der Waals surface area contributed by atoms with E-state index in [0.717, 1.165) is 0 Å². The van der Waals surface area contributed by atoms with E-state index in [0.29, 0.717) is 0 Å². The van der Waals surface area contributed by atoms with E-state index in [1.165, 1.54) is 7.11 Å². The van der Waals surface area contributed by atoms with Crippen molar-refractivity contribution >= 4 is 0 Å². The maximum Gasteiger partial charge on any atom is 0.104 e. The fourth-order valence-corrected chi connectivity index (χ4v) is 2.19. The van der Waals surface area contributed by atoms with E-state index in [9.17, 15) is 5.11 Å². The van der Waals surface area contributed by atoms with Crippen molar-refractivity contribution < 1.29 is 64.2 Å². The van der Waals surface area contributed by atoms with Gasteiger partial charge in [0, 0.05) is 7.11 Å². The Labute approximate surface area is 188 Å². The first-order valence-electron chi connectivity index (χ1n) is 10.4. The third kappa shape index (κ3) is 14.6. The molecule has 2 unspecified atom stereocenters. The second-order valence-corrected chi connectivity index (χ2v) is 6.91. The minimum atomic E-state index is -0.791. The predicted molar refractivity (Wildman–Crippen MR) is 109 cm³/mol. The first-order valence-corrected chi connectivity index (χ1v) is 10.4. The smallest absolute Gasteiger partial charge is 0.104 e. The Balaban J connectivity index is 4.64. The predicted octanol–water partition coefficient (Wildman–Crippen LogP) is -4.13. The zero-order valence-electron chi connectivity index (χ0n) is 18.5. The highest BCUT2D eigenvalue weighted by Crippen LogP contribution is 2.06. The van der Waals surface area contributed by atoms with Crippen molar-refractivity contribution in [1.82, 2.24) is 0 Å². The molecular weight excluding hydrogens is 436 g/mol. The van der Waals surface area contributed by atoms with Crippen LogP contribution in [0.3, 0.4) is 0 Å². The number of hydrogen-bond acceptors (Lipinski definition) is 13. The van der Waals surface area contributed by atoms with Gasteiger partial charge >= 0.3 is 0 Å². The quantitative estimate of drug-likeness (QED) is 0.0751. The van der Waals surface area contributed by atoms with Gasteiger partial charge in [0.15, 0.2) is 0 Å². The summed E-state index contributed by atoms with van der Waals surface area (Å²) in [4.78, 5) is 0. The molecule has 0 aliphatic heterocycles. The Hall–Kier alpha value is -0.520. The molecule has 0 aliphatic carbocycles. The molecule has 0 fully saturated rings. The van der Waals surface area contributed by atoms with Crippen LogP contribution in [0.5, 0.6) is 0 Å². The molecule has 0 saturated carbocycles. The summed E-state index contributed by atoms with van der Waals surface area (Å²) in [7, 11) is 1.44. The standard InChI is InChI=1S/C19H40O13/c1-27-18(10-31-17(8-26)9-28-14(2-20)3-21)11-32-19(12-29-15(4-22)5-23)13-30-16(6-24)7-25/h14-26H,2-13H2,1H3. The van der Waals surface area contributed by atoms with Crippen LogP contribution < -0.4 is 0 Å². The second-order valence-electron chi connectivity index (χ2n) is 6.91. The lowest BCUT2D eigenvalue weighted by molar-refractivity contribution is -0.142. The number of methoxy groups -OCH3 is 1. The molecule has 13 heteroatoms. The van der Waals surface area contributed by atoms with Crippen LogP contribution in [-0.2, 0) is 28.4 Å². The topological polar surface area (TPSA) is 197 Å². The molecule has 0 aromatic heterocycles. The van der Waals surface area contributed by atoms with Gasteiger partial charge in [0.25, 0.3) is 0 Å². The third-order valence-electron chi connectivity index (χ3n) is 4.35. The van der Waals surface area contributed by atoms with E-state index in [-0.39, 0.29) is 79.3 Å². The van der Waals surface area contributed by atoms with E-state index in [4.69, 9.17) is 59.1 Å². The van der Waals surface area contributed by atoms with Gasteiger partial charge < -0.3 is 64.2 Å². The van der Waals surface area contributed by atoms with Crippen LogP contribution in [0.15, 0.2) is 0 Å². The van der Waals surface area contributed by atoms with Crippen molar-refractivity contribution in [2.24, 2.45) is 0 Å². The van der Waals surface area contributed by atoms with Crippen LogP contribution in [0.25, 0.3) is 0 Å². The first-order chi connectivity index (χ1) is 15.5. The fourth-order valence-electron chi connectivity index (χ4n) is 2.19. The Morgan fingerprint density at radius 2 is 0.625 bits per heavy atom. The van der Waals surface area contributed by atoms with E-state index >= 15 is 0 Å². The van der Waals surface area contributed by atoms with Crippen LogP contribution in [0.4, 0.5) is 0 Å². The molecule has 0 rings (SSSR count). The Morgan fingerprint density at radius 3 is 0.938 bits per heavy atom. The summed E-state index contributed by atoms with van der Waals surface area (Å²) in [5.74, 6) is 0. The van der Waals surface area contributed by atoms with Gasteiger partial charge in [-0.15, -0.1) is 0 Å². The van der Waals surface area contributed by atoms with E-state index < -0.39 is 36.6 Å². The molecule has 0 aliphatic rings. The summed E-state index contributed by atoms with van der Waals surface area (Å²) in [6.07, 6.45) is -4.27. The number of aliphatic hydroxyl groups excluding tert-OH is 7. The van der Waals surface area contributed by atoms with Crippen LogP contribution in [0.2, 0.25) is 0 Å². The molecule has 13 nitrogen and oxygen atoms in total. The van der Waals surface area contributed by atoms with Gasteiger partial charge in [-0.3, -0.25) is 0 Å². The number of hydrogen-bond donors (Lipinski definition) is 7. The maximum atomic E-state index is 9.41. The van der Waals surface area contributed by atoms with Gasteiger partial charge in [0.05, 0.1) is 79.3 Å². The summed E-state index contributed by atoms with van der Waals surface area (Å²) in [6, 6.07) is 0. The molecule has 0 saturated heterocycles. The van der Waals surface area contributed by atoms with E-state index in [1.54, 1.807) is 0 Å². The summed E-state index contributed by atoms with van der Waals surface area (Å²) < 4.78 is 32.6. The SMILES string of the molecule is COC(COC(CO)COC(CO)CO)COC(COC(CO)CO)COC(CO)CO. The van der Waals surface area contributed by atoms with Crippen molar-refractivity contribution in [1.29, 1.82) is 0 Å². The van der Waals surface area contributed by atoms with Crippen LogP contribution in [0, 0.1) is 0 Å². The number of ether oxygens (including phenoxy) is 6. The molecule has 194 valence electrons. The van der Waals surface area contributed by atoms with Gasteiger partial charge in [0.2, 0.25) is 0 Å². The summed E-state index contributed by atoms with van der Waals surface area (Å²) in [5, 5.41) is 63.9. The van der Waals surface area contributed by atoms with Gasteiger partial charge in [-0.2, -0.15) is 0 Å². The van der Waals surface area contributed by atoms with Crippen molar-refractivity contribution in [2.75, 3.05) is 86.4 Å². The lowest BCUT2D eigenvalue weighted by atomic mass is 10.3. The van der Waals surface area contributed by atoms with Crippen LogP contribution >= 0.6 is 0 Å². The minimum absolute atomic E-state index is 0.0360. The van der Waals surface area contributed by atoms with Gasteiger partial charge in [0.1, 0.15) is 36.6 Å². The normalized spacial score (nSPS) is 14.2. The van der Waals surface area contributed by atoms with Crippen molar-refractivity contribution in [3.8, 4) is 0 Å². The molecule has 2 atom stereocenters. The number of aliphatic hydroxyl groups is 7. The zero-order chi connectivity index (χ0) is 24.2. The maximum absolute atomic E-state index is 9.41. The zero-order valence-corrected chi connectivity index (χ0v) is 18.5.